The fourth-order valence-electron chi connectivity index (χ4n) is 1.50. The lowest BCUT2D eigenvalue weighted by atomic mass is 10.3. The Morgan fingerprint density at radius 3 is 2.56 bits per heavy atom. The van der Waals surface area contributed by atoms with E-state index in [4.69, 9.17) is 0 Å². The first-order chi connectivity index (χ1) is 7.72. The van der Waals surface area contributed by atoms with Crippen molar-refractivity contribution in [2.75, 3.05) is 0 Å². The van der Waals surface area contributed by atoms with Gasteiger partial charge in [-0.3, -0.25) is 4.79 Å². The van der Waals surface area contributed by atoms with E-state index in [1.54, 1.807) is 4.68 Å². The summed E-state index contributed by atoms with van der Waals surface area (Å²) in [5.74, 6) is 0.974. The highest BCUT2D eigenvalue weighted by atomic mass is 16.1. The summed E-state index contributed by atoms with van der Waals surface area (Å²) in [5, 5.41) is 4.21. The van der Waals surface area contributed by atoms with Gasteiger partial charge in [-0.05, 0) is 12.1 Å². The molecule has 0 bridgehead atoms. The van der Waals surface area contributed by atoms with E-state index in [0.717, 1.165) is 17.9 Å². The summed E-state index contributed by atoms with van der Waals surface area (Å²) in [6, 6.07) is 9.70. The van der Waals surface area contributed by atoms with Crippen LogP contribution < -0.4 is 0 Å². The van der Waals surface area contributed by atoms with Crippen LogP contribution in [0.5, 0.6) is 0 Å². The van der Waals surface area contributed by atoms with Gasteiger partial charge in [0.25, 0.3) is 0 Å². The van der Waals surface area contributed by atoms with Crippen molar-refractivity contribution in [2.24, 2.45) is 0 Å². The maximum atomic E-state index is 11.2. The first-order valence-electron chi connectivity index (χ1n) is 5.24. The first-order valence-corrected chi connectivity index (χ1v) is 5.24. The molecule has 0 spiro atoms. The number of hydrogen-bond donors (Lipinski definition) is 0. The Labute approximate surface area is 93.9 Å². The van der Waals surface area contributed by atoms with Crippen LogP contribution in [0.4, 0.5) is 0 Å². The van der Waals surface area contributed by atoms with Gasteiger partial charge in [-0.2, -0.15) is 0 Å². The molecule has 1 aromatic heterocycles. The molecule has 1 heterocycles. The molecule has 0 aliphatic rings. The van der Waals surface area contributed by atoms with Crippen LogP contribution in [0.15, 0.2) is 30.3 Å². The lowest BCUT2D eigenvalue weighted by molar-refractivity contribution is 0.100. The van der Waals surface area contributed by atoms with Crippen molar-refractivity contribution in [2.45, 2.75) is 20.3 Å². The maximum Gasteiger partial charge on any atom is 0.217 e. The molecule has 0 amide bonds. The Hall–Kier alpha value is -1.97. The quantitative estimate of drug-likeness (QED) is 0.736. The normalized spacial score (nSPS) is 10.4. The van der Waals surface area contributed by atoms with Crippen molar-refractivity contribution in [1.82, 2.24) is 14.8 Å². The van der Waals surface area contributed by atoms with Gasteiger partial charge in [0.2, 0.25) is 5.82 Å². The summed E-state index contributed by atoms with van der Waals surface area (Å²) in [6.07, 6.45) is 0.745. The lowest BCUT2D eigenvalue weighted by Crippen LogP contribution is -2.02. The average molecular weight is 215 g/mol. The first kappa shape index (κ1) is 10.5. The molecule has 0 N–H and O–H groups in total. The van der Waals surface area contributed by atoms with Crippen LogP contribution in [-0.4, -0.2) is 20.5 Å². The fraction of sp³-hybridized carbons (Fsp3) is 0.250. The van der Waals surface area contributed by atoms with Gasteiger partial charge in [0.1, 0.15) is 5.82 Å². The number of ketones is 1. The molecule has 0 aliphatic heterocycles. The Bertz CT molecular complexity index is 502. The van der Waals surface area contributed by atoms with Gasteiger partial charge in [0, 0.05) is 13.3 Å². The van der Waals surface area contributed by atoms with Gasteiger partial charge in [0.05, 0.1) is 5.69 Å². The van der Waals surface area contributed by atoms with Gasteiger partial charge in [0.15, 0.2) is 5.78 Å². The molecule has 0 radical (unpaired) electrons. The zero-order valence-electron chi connectivity index (χ0n) is 9.34. The Morgan fingerprint density at radius 2 is 2.00 bits per heavy atom. The van der Waals surface area contributed by atoms with E-state index in [0.29, 0.717) is 0 Å². The SMILES string of the molecule is CCc1nc(C(C)=O)nn1-c1ccccc1. The van der Waals surface area contributed by atoms with E-state index in [-0.39, 0.29) is 11.6 Å². The van der Waals surface area contributed by atoms with Crippen LogP contribution in [0.1, 0.15) is 30.3 Å². The highest BCUT2D eigenvalue weighted by molar-refractivity contribution is 5.90. The minimum absolute atomic E-state index is 0.107. The predicted molar refractivity (Wildman–Crippen MR) is 60.7 cm³/mol. The number of benzene rings is 1. The number of carbonyl (C=O) groups excluding carboxylic acids is 1. The molecule has 82 valence electrons. The van der Waals surface area contributed by atoms with Crippen LogP contribution in [0.2, 0.25) is 0 Å². The van der Waals surface area contributed by atoms with Crippen LogP contribution in [0.25, 0.3) is 5.69 Å². The second kappa shape index (κ2) is 4.26. The molecular formula is C12H13N3O. The monoisotopic (exact) mass is 215 g/mol. The summed E-state index contributed by atoms with van der Waals surface area (Å²) in [5.41, 5.74) is 0.930. The van der Waals surface area contributed by atoms with Crippen molar-refractivity contribution < 1.29 is 4.79 Å². The molecule has 1 aromatic carbocycles. The minimum Gasteiger partial charge on any atom is -0.291 e. The largest absolute Gasteiger partial charge is 0.291 e. The molecule has 2 rings (SSSR count). The molecule has 0 saturated heterocycles. The maximum absolute atomic E-state index is 11.2. The van der Waals surface area contributed by atoms with Crippen molar-refractivity contribution in [3.05, 3.63) is 42.0 Å². The Balaban J connectivity index is 2.52. The molecule has 0 unspecified atom stereocenters. The number of hydrogen-bond acceptors (Lipinski definition) is 3. The van der Waals surface area contributed by atoms with E-state index in [1.165, 1.54) is 6.92 Å². The molecule has 2 aromatic rings. The topological polar surface area (TPSA) is 47.8 Å². The number of rotatable bonds is 3. The predicted octanol–water partition coefficient (Wildman–Crippen LogP) is 2.03. The number of aryl methyl sites for hydroxylation is 1. The second-order valence-electron chi connectivity index (χ2n) is 3.51. The third-order valence-corrected chi connectivity index (χ3v) is 2.31. The molecular weight excluding hydrogens is 202 g/mol. The number of nitrogens with zero attached hydrogens (tertiary/aromatic N) is 3. The molecule has 16 heavy (non-hydrogen) atoms. The van der Waals surface area contributed by atoms with Crippen LogP contribution >= 0.6 is 0 Å². The van der Waals surface area contributed by atoms with Gasteiger partial charge in [-0.15, -0.1) is 5.10 Å². The Kier molecular flexibility index (Phi) is 2.81. The molecule has 0 saturated carbocycles. The van der Waals surface area contributed by atoms with E-state index < -0.39 is 0 Å². The van der Waals surface area contributed by atoms with Crippen LogP contribution in [0.3, 0.4) is 0 Å². The third kappa shape index (κ3) is 1.86. The summed E-state index contributed by atoms with van der Waals surface area (Å²) < 4.78 is 1.72. The highest BCUT2D eigenvalue weighted by Gasteiger charge is 2.12. The van der Waals surface area contributed by atoms with E-state index in [9.17, 15) is 4.79 Å². The van der Waals surface area contributed by atoms with Gasteiger partial charge < -0.3 is 0 Å². The van der Waals surface area contributed by atoms with Crippen LogP contribution in [0, 0.1) is 0 Å². The average Bonchev–Trinajstić information content (AvgIpc) is 2.74. The number of Topliss-reactive ketones (excluding diaryl/α,β-unsaturated/α-hetero) is 1. The molecule has 0 atom stereocenters. The lowest BCUT2D eigenvalue weighted by Gasteiger charge is -2.02. The van der Waals surface area contributed by atoms with Gasteiger partial charge in [-0.25, -0.2) is 9.67 Å². The van der Waals surface area contributed by atoms with Crippen molar-refractivity contribution in [1.29, 1.82) is 0 Å². The Morgan fingerprint density at radius 1 is 1.31 bits per heavy atom. The summed E-state index contributed by atoms with van der Waals surface area (Å²) >= 11 is 0. The zero-order chi connectivity index (χ0) is 11.5. The molecule has 0 fully saturated rings. The van der Waals surface area contributed by atoms with Crippen LogP contribution in [-0.2, 0) is 6.42 Å². The standard InChI is InChI=1S/C12H13N3O/c1-3-11-13-12(9(2)16)14-15(11)10-7-5-4-6-8-10/h4-8H,3H2,1-2H3. The minimum atomic E-state index is -0.107. The fourth-order valence-corrected chi connectivity index (χ4v) is 1.50. The molecule has 0 aliphatic carbocycles. The smallest absolute Gasteiger partial charge is 0.217 e. The summed E-state index contributed by atoms with van der Waals surface area (Å²) in [6.45, 7) is 3.47. The highest BCUT2D eigenvalue weighted by Crippen LogP contribution is 2.10. The molecule has 4 nitrogen and oxygen atoms in total. The molecule has 4 heteroatoms. The summed E-state index contributed by atoms with van der Waals surface area (Å²) in [7, 11) is 0. The van der Waals surface area contributed by atoms with E-state index >= 15 is 0 Å². The van der Waals surface area contributed by atoms with Gasteiger partial charge in [-0.1, -0.05) is 25.1 Å². The van der Waals surface area contributed by atoms with Crippen molar-refractivity contribution in [3.8, 4) is 5.69 Å². The van der Waals surface area contributed by atoms with Crippen molar-refractivity contribution >= 4 is 5.78 Å². The summed E-state index contributed by atoms with van der Waals surface area (Å²) in [4.78, 5) is 15.4. The second-order valence-corrected chi connectivity index (χ2v) is 3.51. The van der Waals surface area contributed by atoms with E-state index in [1.807, 2.05) is 37.3 Å². The van der Waals surface area contributed by atoms with Gasteiger partial charge >= 0.3 is 0 Å². The number of aromatic nitrogens is 3. The number of para-hydroxylation sites is 1. The third-order valence-electron chi connectivity index (χ3n) is 2.31. The van der Waals surface area contributed by atoms with E-state index in [2.05, 4.69) is 10.1 Å². The number of carbonyl (C=O) groups is 1. The van der Waals surface area contributed by atoms with Crippen molar-refractivity contribution in [3.63, 3.8) is 0 Å². The zero-order valence-corrected chi connectivity index (χ0v) is 9.34.